The average Bonchev–Trinajstić information content (AvgIpc) is 2.59. The van der Waals surface area contributed by atoms with Crippen molar-refractivity contribution in [3.8, 4) is 0 Å². The number of nitrogens with one attached hydrogen (secondary N) is 1. The number of nitrogens with two attached hydrogens (primary N) is 1. The molecular weight excluding hydrogens is 202 g/mol. The van der Waals surface area contributed by atoms with Gasteiger partial charge in [0.1, 0.15) is 5.03 Å². The third-order valence-electron chi connectivity index (χ3n) is 1.89. The number of aromatic nitrogens is 2. The van der Waals surface area contributed by atoms with Crippen LogP contribution in [0.5, 0.6) is 0 Å². The van der Waals surface area contributed by atoms with Gasteiger partial charge in [-0.15, -0.1) is 0 Å². The first-order valence-corrected chi connectivity index (χ1v) is 4.68. The number of fused-ring (bicyclic) bond motifs is 1. The van der Waals surface area contributed by atoms with Gasteiger partial charge in [-0.1, -0.05) is 0 Å². The molecule has 2 rings (SSSR count). The van der Waals surface area contributed by atoms with Gasteiger partial charge < -0.3 is 5.11 Å². The zero-order valence-electron chi connectivity index (χ0n) is 7.02. The summed E-state index contributed by atoms with van der Waals surface area (Å²) in [7, 11) is 0. The van der Waals surface area contributed by atoms with E-state index >= 15 is 0 Å². The Morgan fingerprint density at radius 2 is 2.36 bits per heavy atom. The average molecular weight is 209 g/mol. The van der Waals surface area contributed by atoms with Crippen molar-refractivity contribution in [2.75, 3.05) is 0 Å². The van der Waals surface area contributed by atoms with Gasteiger partial charge in [0.25, 0.3) is 0 Å². The minimum Gasteiger partial charge on any atom is -0.478 e. The highest BCUT2D eigenvalue weighted by Crippen LogP contribution is 2.22. The molecular formula is C8H7N3O2S. The number of rotatable bonds is 2. The van der Waals surface area contributed by atoms with Crippen molar-refractivity contribution in [1.82, 2.24) is 10.2 Å². The monoisotopic (exact) mass is 209 g/mol. The summed E-state index contributed by atoms with van der Waals surface area (Å²) in [6.07, 6.45) is 0. The number of carboxylic acids is 1. The fourth-order valence-corrected chi connectivity index (χ4v) is 1.61. The van der Waals surface area contributed by atoms with E-state index in [-0.39, 0.29) is 5.56 Å². The molecule has 0 spiro atoms. The van der Waals surface area contributed by atoms with Crippen molar-refractivity contribution in [3.63, 3.8) is 0 Å². The molecule has 0 fully saturated rings. The van der Waals surface area contributed by atoms with Crippen LogP contribution in [-0.2, 0) is 0 Å². The zero-order valence-corrected chi connectivity index (χ0v) is 7.84. The van der Waals surface area contributed by atoms with E-state index in [0.29, 0.717) is 5.03 Å². The second-order valence-electron chi connectivity index (χ2n) is 2.71. The molecule has 1 aromatic heterocycles. The highest BCUT2D eigenvalue weighted by Gasteiger charge is 2.08. The predicted octanol–water partition coefficient (Wildman–Crippen LogP) is 1.23. The Balaban J connectivity index is 2.67. The van der Waals surface area contributed by atoms with Crippen molar-refractivity contribution in [3.05, 3.63) is 23.8 Å². The predicted molar refractivity (Wildman–Crippen MR) is 53.1 cm³/mol. The van der Waals surface area contributed by atoms with Gasteiger partial charge in [0.15, 0.2) is 0 Å². The van der Waals surface area contributed by atoms with E-state index in [1.807, 2.05) is 0 Å². The van der Waals surface area contributed by atoms with Crippen LogP contribution in [0.15, 0.2) is 23.2 Å². The molecule has 0 aliphatic carbocycles. The van der Waals surface area contributed by atoms with Gasteiger partial charge in [0.05, 0.1) is 11.1 Å². The molecule has 0 atom stereocenters. The molecule has 14 heavy (non-hydrogen) atoms. The van der Waals surface area contributed by atoms with Crippen LogP contribution in [0.2, 0.25) is 0 Å². The molecule has 1 heterocycles. The van der Waals surface area contributed by atoms with Crippen LogP contribution in [-0.4, -0.2) is 21.3 Å². The summed E-state index contributed by atoms with van der Waals surface area (Å²) < 4.78 is 0. The van der Waals surface area contributed by atoms with Crippen LogP contribution < -0.4 is 5.14 Å². The quantitative estimate of drug-likeness (QED) is 0.647. The highest BCUT2D eigenvalue weighted by atomic mass is 32.2. The Bertz CT molecular complexity index is 494. The molecule has 4 N–H and O–H groups in total. The van der Waals surface area contributed by atoms with Gasteiger partial charge in [0.2, 0.25) is 0 Å². The second kappa shape index (κ2) is 3.32. The largest absolute Gasteiger partial charge is 0.478 e. The molecule has 6 heteroatoms. The number of carbonyl (C=O) groups is 1. The molecule has 5 nitrogen and oxygen atoms in total. The topological polar surface area (TPSA) is 92.0 Å². The first-order valence-electron chi connectivity index (χ1n) is 3.80. The Morgan fingerprint density at radius 3 is 3.00 bits per heavy atom. The summed E-state index contributed by atoms with van der Waals surface area (Å²) in [5.74, 6) is -0.957. The van der Waals surface area contributed by atoms with E-state index in [1.54, 1.807) is 12.1 Å². The summed E-state index contributed by atoms with van der Waals surface area (Å²) in [6.45, 7) is 0. The number of nitrogens with zero attached hydrogens (tertiary/aromatic N) is 1. The second-order valence-corrected chi connectivity index (χ2v) is 3.33. The number of aromatic amines is 1. The number of benzene rings is 1. The van der Waals surface area contributed by atoms with Crippen LogP contribution in [0.3, 0.4) is 0 Å². The lowest BCUT2D eigenvalue weighted by molar-refractivity contribution is 0.0697. The van der Waals surface area contributed by atoms with Crippen molar-refractivity contribution in [1.29, 1.82) is 0 Å². The Kier molecular flexibility index (Phi) is 2.14. The summed E-state index contributed by atoms with van der Waals surface area (Å²) >= 11 is 0.990. The van der Waals surface area contributed by atoms with Crippen molar-refractivity contribution in [2.45, 2.75) is 5.03 Å². The van der Waals surface area contributed by atoms with Crippen LogP contribution in [0.4, 0.5) is 0 Å². The molecule has 72 valence electrons. The fourth-order valence-electron chi connectivity index (χ4n) is 1.21. The van der Waals surface area contributed by atoms with Gasteiger partial charge in [-0.3, -0.25) is 10.2 Å². The lowest BCUT2D eigenvalue weighted by Crippen LogP contribution is -1.94. The maximum absolute atomic E-state index is 10.7. The van der Waals surface area contributed by atoms with Crippen LogP contribution >= 0.6 is 11.9 Å². The van der Waals surface area contributed by atoms with E-state index in [9.17, 15) is 4.79 Å². The molecule has 0 aliphatic heterocycles. The smallest absolute Gasteiger partial charge is 0.335 e. The van der Waals surface area contributed by atoms with Crippen molar-refractivity contribution in [2.24, 2.45) is 5.14 Å². The van der Waals surface area contributed by atoms with E-state index in [2.05, 4.69) is 10.2 Å². The number of H-pyrrole nitrogens is 1. The molecule has 0 radical (unpaired) electrons. The third kappa shape index (κ3) is 1.34. The molecule has 0 amide bonds. The van der Waals surface area contributed by atoms with Crippen LogP contribution in [0, 0.1) is 0 Å². The summed E-state index contributed by atoms with van der Waals surface area (Å²) in [5, 5.41) is 22.2. The fraction of sp³-hybridized carbons (Fsp3) is 0. The highest BCUT2D eigenvalue weighted by molar-refractivity contribution is 7.97. The molecule has 0 bridgehead atoms. The third-order valence-corrected chi connectivity index (χ3v) is 2.42. The lowest BCUT2D eigenvalue weighted by Gasteiger charge is -1.94. The summed E-state index contributed by atoms with van der Waals surface area (Å²) in [5.41, 5.74) is 1.01. The molecule has 1 aromatic carbocycles. The molecule has 0 unspecified atom stereocenters. The lowest BCUT2D eigenvalue weighted by atomic mass is 10.2. The standard InChI is InChI=1S/C8H7N3O2S/c9-14-7-5-3-4(8(12)13)1-2-6(5)10-11-7/h1-3H,9H2,(H,10,11)(H,12,13). The van der Waals surface area contributed by atoms with Crippen molar-refractivity contribution < 1.29 is 9.90 Å². The Morgan fingerprint density at radius 1 is 1.57 bits per heavy atom. The van der Waals surface area contributed by atoms with E-state index in [0.717, 1.165) is 22.9 Å². The Labute approximate surface area is 83.4 Å². The zero-order chi connectivity index (χ0) is 10.1. The maximum atomic E-state index is 10.7. The first-order chi connectivity index (χ1) is 6.72. The molecule has 0 aliphatic rings. The maximum Gasteiger partial charge on any atom is 0.335 e. The van der Waals surface area contributed by atoms with Gasteiger partial charge in [-0.05, 0) is 30.1 Å². The Hall–Kier alpha value is -1.53. The SMILES string of the molecule is NSc1n[nH]c2ccc(C(=O)O)cc12. The number of hydrogen-bond acceptors (Lipinski definition) is 4. The van der Waals surface area contributed by atoms with Crippen molar-refractivity contribution >= 4 is 28.8 Å². The number of aromatic carboxylic acids is 1. The minimum atomic E-state index is -0.957. The van der Waals surface area contributed by atoms with E-state index in [1.165, 1.54) is 6.07 Å². The van der Waals surface area contributed by atoms with E-state index < -0.39 is 5.97 Å². The molecule has 2 aromatic rings. The van der Waals surface area contributed by atoms with E-state index in [4.69, 9.17) is 10.2 Å². The first kappa shape index (κ1) is 9.04. The molecule has 0 saturated heterocycles. The number of hydrogen-bond donors (Lipinski definition) is 3. The summed E-state index contributed by atoms with van der Waals surface area (Å²) in [6, 6.07) is 4.75. The minimum absolute atomic E-state index is 0.231. The summed E-state index contributed by atoms with van der Waals surface area (Å²) in [4.78, 5) is 10.7. The van der Waals surface area contributed by atoms with Gasteiger partial charge in [-0.2, -0.15) is 5.10 Å². The van der Waals surface area contributed by atoms with Gasteiger partial charge in [0, 0.05) is 5.39 Å². The molecule has 0 saturated carbocycles. The van der Waals surface area contributed by atoms with Crippen LogP contribution in [0.25, 0.3) is 10.9 Å². The van der Waals surface area contributed by atoms with Gasteiger partial charge >= 0.3 is 5.97 Å². The number of carboxylic acid groups (broad SMARTS) is 1. The van der Waals surface area contributed by atoms with Crippen LogP contribution in [0.1, 0.15) is 10.4 Å². The van der Waals surface area contributed by atoms with Gasteiger partial charge in [-0.25, -0.2) is 4.79 Å². The normalized spacial score (nSPS) is 10.6.